The largest absolute Gasteiger partial charge is 0.486 e. The van der Waals surface area contributed by atoms with E-state index in [4.69, 9.17) is 9.26 Å². The molecular weight excluding hydrogens is 425 g/mol. The summed E-state index contributed by atoms with van der Waals surface area (Å²) >= 11 is 0. The van der Waals surface area contributed by atoms with Crippen LogP contribution in [0.1, 0.15) is 27.4 Å². The third kappa shape index (κ3) is 4.80. The molecule has 0 aliphatic heterocycles. The Labute approximate surface area is 180 Å². The number of benzene rings is 2. The molecule has 1 N–H and O–H groups in total. The standard InChI is InChI=1S/C22H17F3N4O3/c1-13-17(12-31-19-7-6-16(24)10-18(19)25)21(28-32-13)22(30)26-20-8-9-29(27-20)11-14-2-4-15(23)5-3-14/h2-10H,11-12H2,1H3,(H,26,27,30). The molecule has 0 bridgehead atoms. The summed E-state index contributed by atoms with van der Waals surface area (Å²) in [5.74, 6) is -2.09. The van der Waals surface area contributed by atoms with Gasteiger partial charge >= 0.3 is 0 Å². The summed E-state index contributed by atoms with van der Waals surface area (Å²) in [5, 5.41) is 10.6. The van der Waals surface area contributed by atoms with Gasteiger partial charge in [-0.1, -0.05) is 17.3 Å². The van der Waals surface area contributed by atoms with Gasteiger partial charge < -0.3 is 14.6 Å². The van der Waals surface area contributed by atoms with Crippen molar-refractivity contribution < 1.29 is 27.2 Å². The fraction of sp³-hybridized carbons (Fsp3) is 0.136. The summed E-state index contributed by atoms with van der Waals surface area (Å²) in [7, 11) is 0. The number of carbonyl (C=O) groups is 1. The Kier molecular flexibility index (Phi) is 5.93. The zero-order chi connectivity index (χ0) is 22.7. The van der Waals surface area contributed by atoms with Gasteiger partial charge in [-0.25, -0.2) is 13.2 Å². The van der Waals surface area contributed by atoms with Crippen LogP contribution < -0.4 is 10.1 Å². The molecule has 2 aromatic heterocycles. The maximum absolute atomic E-state index is 13.8. The highest BCUT2D eigenvalue weighted by molar-refractivity contribution is 6.03. The van der Waals surface area contributed by atoms with Crippen LogP contribution in [-0.2, 0) is 13.2 Å². The first-order valence-corrected chi connectivity index (χ1v) is 9.51. The van der Waals surface area contributed by atoms with E-state index < -0.39 is 17.5 Å². The Bertz CT molecular complexity index is 1250. The van der Waals surface area contributed by atoms with Crippen molar-refractivity contribution in [2.75, 3.05) is 5.32 Å². The molecule has 0 saturated heterocycles. The highest BCUT2D eigenvalue weighted by Crippen LogP contribution is 2.22. The zero-order valence-electron chi connectivity index (χ0n) is 16.8. The molecule has 2 heterocycles. The lowest BCUT2D eigenvalue weighted by molar-refractivity contribution is 0.101. The van der Waals surface area contributed by atoms with Gasteiger partial charge in [0.15, 0.2) is 23.1 Å². The number of aromatic nitrogens is 3. The summed E-state index contributed by atoms with van der Waals surface area (Å²) in [6.45, 7) is 1.77. The summed E-state index contributed by atoms with van der Waals surface area (Å²) in [6, 6.07) is 10.5. The van der Waals surface area contributed by atoms with Crippen molar-refractivity contribution in [3.8, 4) is 5.75 Å². The molecule has 0 aliphatic carbocycles. The summed E-state index contributed by atoms with van der Waals surface area (Å²) < 4.78 is 51.9. The number of nitrogens with one attached hydrogen (secondary N) is 1. The van der Waals surface area contributed by atoms with Gasteiger partial charge in [0.05, 0.1) is 12.1 Å². The van der Waals surface area contributed by atoms with Crippen LogP contribution in [0.3, 0.4) is 0 Å². The van der Waals surface area contributed by atoms with E-state index in [1.807, 2.05) is 0 Å². The van der Waals surface area contributed by atoms with Gasteiger partial charge in [0.1, 0.15) is 24.0 Å². The molecule has 1 amide bonds. The molecule has 0 saturated carbocycles. The van der Waals surface area contributed by atoms with Gasteiger partial charge in [-0.3, -0.25) is 9.48 Å². The van der Waals surface area contributed by atoms with E-state index in [0.29, 0.717) is 23.9 Å². The second-order valence-corrected chi connectivity index (χ2v) is 6.91. The van der Waals surface area contributed by atoms with Gasteiger partial charge in [-0.15, -0.1) is 0 Å². The summed E-state index contributed by atoms with van der Waals surface area (Å²) in [5.41, 5.74) is 1.11. The number of aryl methyl sites for hydroxylation is 1. The molecule has 0 atom stereocenters. The van der Waals surface area contributed by atoms with Crippen LogP contribution in [0.5, 0.6) is 5.75 Å². The minimum absolute atomic E-state index is 0.0434. The topological polar surface area (TPSA) is 82.2 Å². The quantitative estimate of drug-likeness (QED) is 0.457. The Hall–Kier alpha value is -4.08. The zero-order valence-corrected chi connectivity index (χ0v) is 16.8. The SMILES string of the molecule is Cc1onc(C(=O)Nc2ccn(Cc3ccc(F)cc3)n2)c1COc1ccc(F)cc1F. The monoisotopic (exact) mass is 442 g/mol. The molecule has 32 heavy (non-hydrogen) atoms. The molecule has 10 heteroatoms. The lowest BCUT2D eigenvalue weighted by atomic mass is 10.2. The summed E-state index contributed by atoms with van der Waals surface area (Å²) in [4.78, 5) is 12.7. The van der Waals surface area contributed by atoms with E-state index in [2.05, 4.69) is 15.6 Å². The van der Waals surface area contributed by atoms with Crippen molar-refractivity contribution in [3.05, 3.63) is 94.8 Å². The number of anilines is 1. The average molecular weight is 442 g/mol. The predicted octanol–water partition coefficient (Wildman–Crippen LogP) is 4.48. The number of hydrogen-bond acceptors (Lipinski definition) is 5. The molecule has 2 aromatic carbocycles. The third-order valence-electron chi connectivity index (χ3n) is 4.61. The van der Waals surface area contributed by atoms with Crippen molar-refractivity contribution >= 4 is 11.7 Å². The van der Waals surface area contributed by atoms with Gasteiger partial charge in [0.2, 0.25) is 0 Å². The van der Waals surface area contributed by atoms with Crippen LogP contribution in [0.2, 0.25) is 0 Å². The Morgan fingerprint density at radius 3 is 2.59 bits per heavy atom. The van der Waals surface area contributed by atoms with E-state index in [1.54, 1.807) is 36.0 Å². The van der Waals surface area contributed by atoms with Crippen LogP contribution >= 0.6 is 0 Å². The number of ether oxygens (including phenoxy) is 1. The first-order chi connectivity index (χ1) is 15.4. The molecule has 0 radical (unpaired) electrons. The number of carbonyl (C=O) groups excluding carboxylic acids is 1. The van der Waals surface area contributed by atoms with Crippen molar-refractivity contribution in [1.82, 2.24) is 14.9 Å². The first kappa shape index (κ1) is 21.2. The maximum Gasteiger partial charge on any atom is 0.279 e. The van der Waals surface area contributed by atoms with Crippen molar-refractivity contribution in [2.45, 2.75) is 20.1 Å². The molecule has 7 nitrogen and oxygen atoms in total. The molecular formula is C22H17F3N4O3. The fourth-order valence-electron chi connectivity index (χ4n) is 2.95. The van der Waals surface area contributed by atoms with Gasteiger partial charge in [0, 0.05) is 18.3 Å². The van der Waals surface area contributed by atoms with Crippen LogP contribution in [0.15, 0.2) is 59.3 Å². The highest BCUT2D eigenvalue weighted by Gasteiger charge is 2.21. The number of amides is 1. The molecule has 4 rings (SSSR count). The van der Waals surface area contributed by atoms with E-state index >= 15 is 0 Å². The lowest BCUT2D eigenvalue weighted by Gasteiger charge is -2.07. The van der Waals surface area contributed by atoms with Crippen molar-refractivity contribution in [2.24, 2.45) is 0 Å². The molecule has 0 spiro atoms. The molecule has 164 valence electrons. The molecule has 0 aliphatic rings. The molecule has 0 unspecified atom stereocenters. The minimum atomic E-state index is -0.864. The molecule has 4 aromatic rings. The van der Waals surface area contributed by atoms with E-state index in [9.17, 15) is 18.0 Å². The van der Waals surface area contributed by atoms with E-state index in [-0.39, 0.29) is 29.7 Å². The van der Waals surface area contributed by atoms with Gasteiger partial charge in [-0.05, 0) is 36.8 Å². The first-order valence-electron chi connectivity index (χ1n) is 9.51. The second kappa shape index (κ2) is 8.96. The maximum atomic E-state index is 13.8. The predicted molar refractivity (Wildman–Crippen MR) is 108 cm³/mol. The fourth-order valence-corrected chi connectivity index (χ4v) is 2.95. The second-order valence-electron chi connectivity index (χ2n) is 6.91. The lowest BCUT2D eigenvalue weighted by Crippen LogP contribution is -2.16. The normalized spacial score (nSPS) is 10.9. The molecule has 0 fully saturated rings. The summed E-state index contributed by atoms with van der Waals surface area (Å²) in [6.07, 6.45) is 1.66. The number of nitrogens with zero attached hydrogens (tertiary/aromatic N) is 3. The average Bonchev–Trinajstić information content (AvgIpc) is 3.35. The number of hydrogen-bond donors (Lipinski definition) is 1. The van der Waals surface area contributed by atoms with E-state index in [1.165, 1.54) is 12.1 Å². The van der Waals surface area contributed by atoms with Crippen molar-refractivity contribution in [3.63, 3.8) is 0 Å². The van der Waals surface area contributed by atoms with Crippen LogP contribution in [0, 0.1) is 24.4 Å². The highest BCUT2D eigenvalue weighted by atomic mass is 19.1. The van der Waals surface area contributed by atoms with Gasteiger partial charge in [-0.2, -0.15) is 5.10 Å². The number of rotatable bonds is 7. The van der Waals surface area contributed by atoms with Crippen molar-refractivity contribution in [1.29, 1.82) is 0 Å². The Morgan fingerprint density at radius 2 is 1.84 bits per heavy atom. The van der Waals surface area contributed by atoms with E-state index in [0.717, 1.165) is 17.7 Å². The number of halogens is 3. The Balaban J connectivity index is 1.43. The van der Waals surface area contributed by atoms with Gasteiger partial charge in [0.25, 0.3) is 5.91 Å². The van der Waals surface area contributed by atoms with Crippen LogP contribution in [-0.4, -0.2) is 20.8 Å². The smallest absolute Gasteiger partial charge is 0.279 e. The third-order valence-corrected chi connectivity index (χ3v) is 4.61. The Morgan fingerprint density at radius 1 is 1.09 bits per heavy atom. The van der Waals surface area contributed by atoms with Crippen LogP contribution in [0.25, 0.3) is 0 Å². The van der Waals surface area contributed by atoms with Crippen LogP contribution in [0.4, 0.5) is 19.0 Å². The minimum Gasteiger partial charge on any atom is -0.486 e.